The smallest absolute Gasteiger partial charge is 0.228 e. The highest BCUT2D eigenvalue weighted by molar-refractivity contribution is 6.32. The van der Waals surface area contributed by atoms with E-state index in [1.54, 1.807) is 12.1 Å². The molecule has 0 aromatic heterocycles. The SMILES string of the molecule is FCOc1ccc(CCCCl)cc1Cl. The first-order valence-corrected chi connectivity index (χ1v) is 5.22. The van der Waals surface area contributed by atoms with E-state index in [1.807, 2.05) is 6.07 Å². The normalized spacial score (nSPS) is 10.2. The van der Waals surface area contributed by atoms with Gasteiger partial charge in [-0.05, 0) is 30.5 Å². The average molecular weight is 237 g/mol. The summed E-state index contributed by atoms with van der Waals surface area (Å²) >= 11 is 11.4. The predicted octanol–water partition coefficient (Wildman–Crippen LogP) is 3.82. The molecule has 78 valence electrons. The third-order valence-electron chi connectivity index (χ3n) is 1.81. The van der Waals surface area contributed by atoms with E-state index in [0.29, 0.717) is 16.7 Å². The van der Waals surface area contributed by atoms with Gasteiger partial charge < -0.3 is 4.74 Å². The summed E-state index contributed by atoms with van der Waals surface area (Å²) in [5, 5.41) is 0.440. The molecule has 0 aliphatic heterocycles. The fourth-order valence-electron chi connectivity index (χ4n) is 1.15. The van der Waals surface area contributed by atoms with E-state index in [9.17, 15) is 4.39 Å². The van der Waals surface area contributed by atoms with Gasteiger partial charge in [-0.3, -0.25) is 0 Å². The van der Waals surface area contributed by atoms with E-state index in [-0.39, 0.29) is 0 Å². The highest BCUT2D eigenvalue weighted by atomic mass is 35.5. The molecule has 14 heavy (non-hydrogen) atoms. The quantitative estimate of drug-likeness (QED) is 0.707. The summed E-state index contributed by atoms with van der Waals surface area (Å²) in [5.41, 5.74) is 1.09. The number of ether oxygens (including phenoxy) is 1. The monoisotopic (exact) mass is 236 g/mol. The van der Waals surface area contributed by atoms with Gasteiger partial charge in [-0.15, -0.1) is 11.6 Å². The molecule has 4 heteroatoms. The summed E-state index contributed by atoms with van der Waals surface area (Å²) in [5.74, 6) is 1.00. The van der Waals surface area contributed by atoms with Crippen LogP contribution in [-0.4, -0.2) is 12.7 Å². The van der Waals surface area contributed by atoms with Crippen molar-refractivity contribution >= 4 is 23.2 Å². The van der Waals surface area contributed by atoms with Crippen molar-refractivity contribution in [1.82, 2.24) is 0 Å². The molecular formula is C10H11Cl2FO. The van der Waals surface area contributed by atoms with Gasteiger partial charge in [0.1, 0.15) is 5.75 Å². The van der Waals surface area contributed by atoms with Crippen LogP contribution in [0.1, 0.15) is 12.0 Å². The third kappa shape index (κ3) is 3.35. The van der Waals surface area contributed by atoms with Crippen molar-refractivity contribution in [2.75, 3.05) is 12.7 Å². The summed E-state index contributed by atoms with van der Waals surface area (Å²) in [6.07, 6.45) is 1.78. The van der Waals surface area contributed by atoms with Gasteiger partial charge in [0.25, 0.3) is 0 Å². The minimum atomic E-state index is -0.860. The van der Waals surface area contributed by atoms with Crippen LogP contribution in [0, 0.1) is 0 Å². The molecule has 0 fully saturated rings. The molecule has 0 atom stereocenters. The molecule has 0 N–H and O–H groups in total. The summed E-state index contributed by atoms with van der Waals surface area (Å²) in [6, 6.07) is 5.31. The molecule has 0 radical (unpaired) electrons. The third-order valence-corrected chi connectivity index (χ3v) is 2.37. The Bertz CT molecular complexity index is 291. The van der Waals surface area contributed by atoms with E-state index in [0.717, 1.165) is 18.4 Å². The van der Waals surface area contributed by atoms with Crippen molar-refractivity contribution in [2.45, 2.75) is 12.8 Å². The molecule has 1 aromatic rings. The Hall–Kier alpha value is -0.470. The predicted molar refractivity (Wildman–Crippen MR) is 57.1 cm³/mol. The Labute approximate surface area is 92.8 Å². The number of rotatable bonds is 5. The Morgan fingerprint density at radius 2 is 2.14 bits per heavy atom. The van der Waals surface area contributed by atoms with Gasteiger partial charge >= 0.3 is 0 Å². The highest BCUT2D eigenvalue weighted by Crippen LogP contribution is 2.25. The van der Waals surface area contributed by atoms with Gasteiger partial charge in [0.15, 0.2) is 0 Å². The van der Waals surface area contributed by atoms with Crippen LogP contribution < -0.4 is 4.74 Å². The van der Waals surface area contributed by atoms with Crippen molar-refractivity contribution in [1.29, 1.82) is 0 Å². The van der Waals surface area contributed by atoms with Crippen LogP contribution in [0.3, 0.4) is 0 Å². The lowest BCUT2D eigenvalue weighted by Gasteiger charge is -2.05. The summed E-state index contributed by atoms with van der Waals surface area (Å²) in [6.45, 7) is -0.860. The molecule has 0 aliphatic rings. The van der Waals surface area contributed by atoms with Crippen LogP contribution in [0.2, 0.25) is 5.02 Å². The Balaban J connectivity index is 2.68. The summed E-state index contributed by atoms with van der Waals surface area (Å²) in [7, 11) is 0. The lowest BCUT2D eigenvalue weighted by Crippen LogP contribution is -1.92. The minimum absolute atomic E-state index is 0.379. The van der Waals surface area contributed by atoms with Crippen molar-refractivity contribution in [3.63, 3.8) is 0 Å². The highest BCUT2D eigenvalue weighted by Gasteiger charge is 2.02. The second-order valence-electron chi connectivity index (χ2n) is 2.81. The number of hydrogen-bond acceptors (Lipinski definition) is 1. The summed E-state index contributed by atoms with van der Waals surface area (Å²) < 4.78 is 16.5. The van der Waals surface area contributed by atoms with Crippen molar-refractivity contribution in [3.8, 4) is 5.75 Å². The van der Waals surface area contributed by atoms with Gasteiger partial charge in [0, 0.05) is 5.88 Å². The number of alkyl halides is 2. The molecule has 1 rings (SSSR count). The Morgan fingerprint density at radius 3 is 2.71 bits per heavy atom. The van der Waals surface area contributed by atoms with Gasteiger partial charge in [0.2, 0.25) is 6.86 Å². The number of aryl methyl sites for hydroxylation is 1. The Morgan fingerprint density at radius 1 is 1.36 bits per heavy atom. The fourth-order valence-corrected chi connectivity index (χ4v) is 1.54. The maximum absolute atomic E-state index is 11.9. The van der Waals surface area contributed by atoms with Crippen molar-refractivity contribution in [2.24, 2.45) is 0 Å². The lowest BCUT2D eigenvalue weighted by molar-refractivity contribution is 0.192. The van der Waals surface area contributed by atoms with E-state index in [1.165, 1.54) is 0 Å². The zero-order chi connectivity index (χ0) is 10.4. The fraction of sp³-hybridized carbons (Fsp3) is 0.400. The van der Waals surface area contributed by atoms with Crippen molar-refractivity contribution in [3.05, 3.63) is 28.8 Å². The molecule has 0 saturated carbocycles. The number of hydrogen-bond donors (Lipinski definition) is 0. The molecule has 0 bridgehead atoms. The summed E-state index contributed by atoms with van der Waals surface area (Å²) in [4.78, 5) is 0. The largest absolute Gasteiger partial charge is 0.461 e. The van der Waals surface area contributed by atoms with Crippen LogP contribution in [0.4, 0.5) is 4.39 Å². The van der Waals surface area contributed by atoms with Gasteiger partial charge in [-0.25, -0.2) is 4.39 Å². The topological polar surface area (TPSA) is 9.23 Å². The van der Waals surface area contributed by atoms with E-state index in [2.05, 4.69) is 4.74 Å². The second-order valence-corrected chi connectivity index (χ2v) is 3.60. The van der Waals surface area contributed by atoms with Crippen molar-refractivity contribution < 1.29 is 9.13 Å². The molecule has 0 amide bonds. The Kier molecular flexibility index (Phi) is 5.05. The van der Waals surface area contributed by atoms with Crippen LogP contribution in [0.5, 0.6) is 5.75 Å². The molecule has 1 nitrogen and oxygen atoms in total. The second kappa shape index (κ2) is 6.10. The lowest BCUT2D eigenvalue weighted by atomic mass is 10.1. The minimum Gasteiger partial charge on any atom is -0.461 e. The number of halogens is 3. The first-order valence-electron chi connectivity index (χ1n) is 4.31. The maximum atomic E-state index is 11.9. The average Bonchev–Trinajstić information content (AvgIpc) is 2.19. The van der Waals surface area contributed by atoms with E-state index < -0.39 is 6.86 Å². The first-order chi connectivity index (χ1) is 6.77. The standard InChI is InChI=1S/C10H11Cl2FO/c11-5-1-2-8-3-4-10(14-7-13)9(12)6-8/h3-4,6H,1-2,5,7H2. The van der Waals surface area contributed by atoms with E-state index in [4.69, 9.17) is 23.2 Å². The van der Waals surface area contributed by atoms with Gasteiger partial charge in [-0.2, -0.15) is 0 Å². The molecular weight excluding hydrogens is 226 g/mol. The molecule has 0 spiro atoms. The number of benzene rings is 1. The van der Waals surface area contributed by atoms with Crippen LogP contribution in [0.15, 0.2) is 18.2 Å². The maximum Gasteiger partial charge on any atom is 0.228 e. The zero-order valence-electron chi connectivity index (χ0n) is 7.60. The molecule has 1 aromatic carbocycles. The molecule has 0 aliphatic carbocycles. The van der Waals surface area contributed by atoms with Crippen LogP contribution >= 0.6 is 23.2 Å². The first kappa shape index (κ1) is 11.6. The molecule has 0 saturated heterocycles. The van der Waals surface area contributed by atoms with Gasteiger partial charge in [-0.1, -0.05) is 17.7 Å². The van der Waals surface area contributed by atoms with Crippen LogP contribution in [-0.2, 0) is 6.42 Å². The van der Waals surface area contributed by atoms with Crippen LogP contribution in [0.25, 0.3) is 0 Å². The molecule has 0 unspecified atom stereocenters. The van der Waals surface area contributed by atoms with E-state index >= 15 is 0 Å². The van der Waals surface area contributed by atoms with Gasteiger partial charge in [0.05, 0.1) is 5.02 Å². The molecule has 0 heterocycles. The zero-order valence-corrected chi connectivity index (χ0v) is 9.11.